The molecule has 0 spiro atoms. The average molecular weight is 567 g/mol. The van der Waals surface area contributed by atoms with E-state index in [0.717, 1.165) is 12.0 Å². The summed E-state index contributed by atoms with van der Waals surface area (Å²) in [6.45, 7) is 4.63. The molecular formula is C22H34F3NO5SiY. The Kier molecular flexibility index (Phi) is 13.8. The molecule has 0 saturated carbocycles. The van der Waals surface area contributed by atoms with Gasteiger partial charge < -0.3 is 13.3 Å². The van der Waals surface area contributed by atoms with E-state index in [1.807, 2.05) is 6.92 Å². The van der Waals surface area contributed by atoms with E-state index < -0.39 is 38.8 Å². The average Bonchev–Trinajstić information content (AvgIpc) is 2.76. The molecule has 0 N–H and O–H groups in total. The maximum atomic E-state index is 13.2. The smallest absolute Gasteiger partial charge is 0.377 e. The zero-order chi connectivity index (χ0) is 24.6. The van der Waals surface area contributed by atoms with Gasteiger partial charge in [0.15, 0.2) is 0 Å². The molecule has 11 heteroatoms. The Hall–Kier alpha value is -0.649. The third-order valence-corrected chi connectivity index (χ3v) is 8.21. The molecule has 0 aromatic heterocycles. The van der Waals surface area contributed by atoms with Gasteiger partial charge in [-0.25, -0.2) is 0 Å². The summed E-state index contributed by atoms with van der Waals surface area (Å²) in [4.78, 5) is 25.3. The van der Waals surface area contributed by atoms with Crippen LogP contribution in [-0.4, -0.2) is 53.0 Å². The molecule has 0 fully saturated rings. The molecule has 0 aliphatic carbocycles. The van der Waals surface area contributed by atoms with E-state index in [9.17, 15) is 22.8 Å². The number of carbonyl (C=O) groups excluding carboxylic acids is 2. The predicted octanol–water partition coefficient (Wildman–Crippen LogP) is 4.74. The van der Waals surface area contributed by atoms with E-state index in [1.54, 1.807) is 38.1 Å². The van der Waals surface area contributed by atoms with Crippen molar-refractivity contribution in [1.29, 1.82) is 0 Å². The molecule has 0 unspecified atom stereocenters. The van der Waals surface area contributed by atoms with Gasteiger partial charge in [0.1, 0.15) is 0 Å². The second kappa shape index (κ2) is 14.0. The molecule has 0 bridgehead atoms. The van der Waals surface area contributed by atoms with Crippen molar-refractivity contribution in [3.63, 3.8) is 0 Å². The molecule has 0 saturated heterocycles. The topological polar surface area (TPSA) is 65.1 Å². The fourth-order valence-corrected chi connectivity index (χ4v) is 5.03. The first kappa shape index (κ1) is 32.4. The predicted molar refractivity (Wildman–Crippen MR) is 117 cm³/mol. The van der Waals surface area contributed by atoms with Crippen molar-refractivity contribution < 1.29 is 68.7 Å². The Bertz CT molecular complexity index is 747. The van der Waals surface area contributed by atoms with Crippen molar-refractivity contribution in [2.75, 3.05) is 21.3 Å². The first-order valence-electron chi connectivity index (χ1n) is 10.5. The first-order chi connectivity index (χ1) is 14.9. The number of unbranched alkanes of at least 4 members (excludes halogenated alkanes) is 1. The monoisotopic (exact) mass is 566 g/mol. The van der Waals surface area contributed by atoms with E-state index in [1.165, 1.54) is 21.3 Å². The zero-order valence-electron chi connectivity index (χ0n) is 20.3. The minimum absolute atomic E-state index is 0. The molecule has 1 radical (unpaired) electrons. The van der Waals surface area contributed by atoms with Gasteiger partial charge >= 0.3 is 20.9 Å². The Morgan fingerprint density at radius 2 is 1.42 bits per heavy atom. The summed E-state index contributed by atoms with van der Waals surface area (Å²) in [6, 6.07) is 7.26. The number of alkyl halides is 3. The van der Waals surface area contributed by atoms with Crippen LogP contribution in [0.1, 0.15) is 51.2 Å². The summed E-state index contributed by atoms with van der Waals surface area (Å²) in [5.74, 6) is -2.97. The largest absolute Gasteiger partial charge is 0.500 e. The van der Waals surface area contributed by atoms with Crippen molar-refractivity contribution >= 4 is 20.6 Å². The molecule has 0 aliphatic rings. The zero-order valence-corrected chi connectivity index (χ0v) is 24.1. The van der Waals surface area contributed by atoms with Crippen molar-refractivity contribution in [2.24, 2.45) is 5.41 Å². The van der Waals surface area contributed by atoms with Crippen LogP contribution in [0.3, 0.4) is 0 Å². The molecule has 2 amide bonds. The molecule has 1 aromatic rings. The van der Waals surface area contributed by atoms with Crippen LogP contribution in [0.4, 0.5) is 13.2 Å². The summed E-state index contributed by atoms with van der Waals surface area (Å²) in [5, 5.41) is 0. The fraction of sp³-hybridized carbons (Fsp3) is 0.636. The summed E-state index contributed by atoms with van der Waals surface area (Å²) >= 11 is 0. The number of rotatable bonds is 12. The summed E-state index contributed by atoms with van der Waals surface area (Å²) in [7, 11) is 1.82. The molecule has 1 aromatic carbocycles. The number of halogens is 3. The maximum absolute atomic E-state index is 13.2. The van der Waals surface area contributed by atoms with Gasteiger partial charge in [-0.05, 0) is 24.0 Å². The van der Waals surface area contributed by atoms with Crippen LogP contribution in [0, 0.1) is 5.41 Å². The number of hydrogen-bond acceptors (Lipinski definition) is 5. The number of aryl methyl sites for hydroxylation is 1. The summed E-state index contributed by atoms with van der Waals surface area (Å²) in [5.41, 5.74) is 0.255. The molecule has 0 heterocycles. The van der Waals surface area contributed by atoms with E-state index in [4.69, 9.17) is 13.3 Å². The van der Waals surface area contributed by atoms with E-state index >= 15 is 0 Å². The molecule has 6 nitrogen and oxygen atoms in total. The molecule has 33 heavy (non-hydrogen) atoms. The van der Waals surface area contributed by atoms with E-state index in [-0.39, 0.29) is 32.7 Å². The van der Waals surface area contributed by atoms with Crippen molar-refractivity contribution in [1.82, 2.24) is 4.90 Å². The van der Waals surface area contributed by atoms with Crippen molar-refractivity contribution in [3.8, 4) is 0 Å². The third-order valence-electron chi connectivity index (χ3n) is 5.48. The van der Waals surface area contributed by atoms with Gasteiger partial charge in [-0.3, -0.25) is 14.5 Å². The van der Waals surface area contributed by atoms with E-state index in [0.29, 0.717) is 35.8 Å². The normalized spacial score (nSPS) is 12.3. The number of imide groups is 1. The van der Waals surface area contributed by atoms with Gasteiger partial charge in [0.25, 0.3) is 0 Å². The Balaban J connectivity index is 0.0000102. The Morgan fingerprint density at radius 1 is 0.939 bits per heavy atom. The van der Waals surface area contributed by atoms with Gasteiger partial charge in [0.2, 0.25) is 5.91 Å². The summed E-state index contributed by atoms with van der Waals surface area (Å²) in [6.07, 6.45) is -2.68. The van der Waals surface area contributed by atoms with Crippen molar-refractivity contribution in [3.05, 3.63) is 35.4 Å². The molecule has 185 valence electrons. The van der Waals surface area contributed by atoms with Crippen LogP contribution >= 0.6 is 0 Å². The Labute approximate surface area is 220 Å². The fourth-order valence-electron chi connectivity index (χ4n) is 3.33. The Morgan fingerprint density at radius 3 is 1.85 bits per heavy atom. The number of hydrogen-bond donors (Lipinski definition) is 0. The van der Waals surface area contributed by atoms with Crippen LogP contribution in [0.2, 0.25) is 6.04 Å². The molecule has 1 rings (SSSR count). The van der Waals surface area contributed by atoms with Crippen LogP contribution in [0.15, 0.2) is 24.3 Å². The second-order valence-corrected chi connectivity index (χ2v) is 11.4. The molecule has 0 atom stereocenters. The van der Waals surface area contributed by atoms with Crippen LogP contribution in [0.5, 0.6) is 0 Å². The van der Waals surface area contributed by atoms with Gasteiger partial charge in [-0.15, -0.1) is 0 Å². The number of benzene rings is 1. The number of carbonyl (C=O) groups is 2. The van der Waals surface area contributed by atoms with Gasteiger partial charge in [-0.1, -0.05) is 57.9 Å². The quantitative estimate of drug-likeness (QED) is 0.342. The minimum atomic E-state index is -5.13. The van der Waals surface area contributed by atoms with Crippen LogP contribution < -0.4 is 0 Å². The SMILES string of the molecule is CCCCC(C)(C)C(=O)N(Cc1ccc(CC[Si](OC)(OC)OC)cc1)C(=O)C(F)(F)F.[Y]. The third kappa shape index (κ3) is 9.49. The molecule has 0 aliphatic heterocycles. The van der Waals surface area contributed by atoms with Gasteiger partial charge in [0.05, 0.1) is 6.54 Å². The van der Waals surface area contributed by atoms with E-state index in [2.05, 4.69) is 0 Å². The number of amides is 2. The maximum Gasteiger partial charge on any atom is 0.500 e. The van der Waals surface area contributed by atoms with Gasteiger partial charge in [0, 0.05) is 65.5 Å². The van der Waals surface area contributed by atoms with Crippen LogP contribution in [-0.2, 0) is 68.5 Å². The van der Waals surface area contributed by atoms with Gasteiger partial charge in [-0.2, -0.15) is 13.2 Å². The summed E-state index contributed by atoms with van der Waals surface area (Å²) < 4.78 is 55.8. The first-order valence-corrected chi connectivity index (χ1v) is 12.5. The van der Waals surface area contributed by atoms with Crippen LogP contribution in [0.25, 0.3) is 0 Å². The second-order valence-electron chi connectivity index (χ2n) is 8.29. The number of nitrogens with zero attached hydrogens (tertiary/aromatic N) is 1. The minimum Gasteiger partial charge on any atom is -0.377 e. The molecular weight excluding hydrogens is 532 g/mol. The standard InChI is InChI=1S/C22H34F3NO5Si.Y/c1-7-8-14-21(2,3)19(27)26(20(28)22(23,24)25)16-18-11-9-17(10-12-18)13-15-32(29-4,30-5)31-6;/h9-12H,7-8,13-16H2,1-6H3;. The van der Waals surface area contributed by atoms with Crippen molar-refractivity contribution in [2.45, 2.75) is 65.2 Å².